The van der Waals surface area contributed by atoms with Gasteiger partial charge < -0.3 is 9.72 Å². The number of halogens is 3. The molecule has 1 aromatic heterocycles. The highest BCUT2D eigenvalue weighted by Crippen LogP contribution is 2.40. The standard InChI is InChI=1S/C20H24F3N3O6S/c1-3-4-5-8-17(27)26(33(2,30)31)25-18(28)13-10-12(16-7-6-9-32-16)14(20(21,22)23)11-15(13)24-19(25)29/h10-11,16H,3-9H2,1-2H3,(H,24,29)/t16-/m1/s1. The lowest BCUT2D eigenvalue weighted by atomic mass is 9.97. The summed E-state index contributed by atoms with van der Waals surface area (Å²) in [5.74, 6) is -0.996. The highest BCUT2D eigenvalue weighted by molar-refractivity contribution is 7.92. The number of ether oxygens (including phenoxy) is 1. The summed E-state index contributed by atoms with van der Waals surface area (Å²) in [6, 6.07) is 1.58. The Balaban J connectivity index is 2.26. The number of hydrogen-bond donors (Lipinski definition) is 1. The van der Waals surface area contributed by atoms with Crippen molar-refractivity contribution in [3.63, 3.8) is 0 Å². The fourth-order valence-electron chi connectivity index (χ4n) is 3.84. The molecule has 13 heteroatoms. The number of rotatable bonds is 7. The van der Waals surface area contributed by atoms with E-state index in [9.17, 15) is 36.0 Å². The molecule has 1 N–H and O–H groups in total. The Kier molecular flexibility index (Phi) is 7.03. The molecule has 1 aliphatic rings. The van der Waals surface area contributed by atoms with Crippen molar-refractivity contribution in [2.45, 2.75) is 57.7 Å². The zero-order valence-corrected chi connectivity index (χ0v) is 18.9. The Morgan fingerprint density at radius 1 is 1.27 bits per heavy atom. The molecule has 1 fully saturated rings. The van der Waals surface area contributed by atoms with Crippen molar-refractivity contribution in [1.82, 2.24) is 9.66 Å². The molecule has 1 aliphatic heterocycles. The van der Waals surface area contributed by atoms with Crippen molar-refractivity contribution in [2.24, 2.45) is 0 Å². The molecule has 3 rings (SSSR count). The number of carbonyl (C=O) groups excluding carboxylic acids is 1. The summed E-state index contributed by atoms with van der Waals surface area (Å²) in [5, 5.41) is -0.372. The summed E-state index contributed by atoms with van der Waals surface area (Å²) >= 11 is 0. The van der Waals surface area contributed by atoms with E-state index in [2.05, 4.69) is 4.98 Å². The van der Waals surface area contributed by atoms with E-state index in [1.165, 1.54) is 0 Å². The summed E-state index contributed by atoms with van der Waals surface area (Å²) in [4.78, 5) is 40.5. The van der Waals surface area contributed by atoms with E-state index in [0.717, 1.165) is 12.5 Å². The average molecular weight is 491 g/mol. The number of nitrogens with zero attached hydrogens (tertiary/aromatic N) is 2. The number of aromatic amines is 1. The predicted octanol–water partition coefficient (Wildman–Crippen LogP) is 2.56. The zero-order valence-electron chi connectivity index (χ0n) is 18.1. The molecular weight excluding hydrogens is 467 g/mol. The normalized spacial score (nSPS) is 16.9. The van der Waals surface area contributed by atoms with E-state index in [0.29, 0.717) is 38.0 Å². The first-order valence-corrected chi connectivity index (χ1v) is 12.3. The molecule has 182 valence electrons. The van der Waals surface area contributed by atoms with Crippen molar-refractivity contribution in [3.05, 3.63) is 44.1 Å². The van der Waals surface area contributed by atoms with Crippen LogP contribution < -0.4 is 15.7 Å². The monoisotopic (exact) mass is 491 g/mol. The smallest absolute Gasteiger partial charge is 0.374 e. The Labute approximate surface area is 187 Å². The second kappa shape index (κ2) is 9.29. The Morgan fingerprint density at radius 3 is 2.52 bits per heavy atom. The van der Waals surface area contributed by atoms with Gasteiger partial charge in [0.2, 0.25) is 0 Å². The molecule has 0 unspecified atom stereocenters. The molecule has 0 aliphatic carbocycles. The van der Waals surface area contributed by atoms with Crippen molar-refractivity contribution >= 4 is 26.8 Å². The van der Waals surface area contributed by atoms with Crippen molar-refractivity contribution < 1.29 is 31.1 Å². The highest BCUT2D eigenvalue weighted by Gasteiger charge is 2.38. The second-order valence-corrected chi connectivity index (χ2v) is 9.70. The van der Waals surface area contributed by atoms with Crippen LogP contribution in [-0.2, 0) is 25.7 Å². The lowest BCUT2D eigenvalue weighted by Crippen LogP contribution is -2.55. The van der Waals surface area contributed by atoms with E-state index in [4.69, 9.17) is 4.74 Å². The van der Waals surface area contributed by atoms with Crippen LogP contribution in [0.1, 0.15) is 62.7 Å². The summed E-state index contributed by atoms with van der Waals surface area (Å²) in [6.07, 6.45) is -2.73. The van der Waals surface area contributed by atoms with E-state index >= 15 is 0 Å². The molecule has 0 radical (unpaired) electrons. The van der Waals surface area contributed by atoms with Crippen molar-refractivity contribution in [2.75, 3.05) is 17.3 Å². The summed E-state index contributed by atoms with van der Waals surface area (Å²) in [7, 11) is -4.40. The third-order valence-electron chi connectivity index (χ3n) is 5.33. The van der Waals surface area contributed by atoms with Gasteiger partial charge in [-0.05, 0) is 37.0 Å². The summed E-state index contributed by atoms with van der Waals surface area (Å²) < 4.78 is 71.3. The minimum Gasteiger partial charge on any atom is -0.374 e. The maximum absolute atomic E-state index is 13.7. The van der Waals surface area contributed by atoms with Gasteiger partial charge in [0, 0.05) is 13.0 Å². The first-order valence-electron chi connectivity index (χ1n) is 10.4. The number of benzene rings is 1. The Bertz CT molecular complexity index is 1280. The highest BCUT2D eigenvalue weighted by atomic mass is 32.2. The van der Waals surface area contributed by atoms with Crippen LogP contribution in [0.5, 0.6) is 0 Å². The van der Waals surface area contributed by atoms with E-state index < -0.39 is 50.5 Å². The number of hydrogen-bond acceptors (Lipinski definition) is 6. The Morgan fingerprint density at radius 2 is 1.97 bits per heavy atom. The van der Waals surface area contributed by atoms with Gasteiger partial charge in [0.05, 0.1) is 28.8 Å². The third kappa shape index (κ3) is 5.13. The van der Waals surface area contributed by atoms with Crippen LogP contribution in [0.15, 0.2) is 21.7 Å². The number of H-pyrrole nitrogens is 1. The summed E-state index contributed by atoms with van der Waals surface area (Å²) in [6.45, 7) is 2.13. The largest absolute Gasteiger partial charge is 0.416 e. The summed E-state index contributed by atoms with van der Waals surface area (Å²) in [5.41, 5.74) is -4.35. The van der Waals surface area contributed by atoms with Gasteiger partial charge in [0.25, 0.3) is 21.5 Å². The number of sulfonamides is 1. The fraction of sp³-hybridized carbons (Fsp3) is 0.550. The average Bonchev–Trinajstić information content (AvgIpc) is 3.23. The van der Waals surface area contributed by atoms with E-state index in [-0.39, 0.29) is 33.1 Å². The van der Waals surface area contributed by atoms with Gasteiger partial charge in [-0.2, -0.15) is 13.2 Å². The van der Waals surface area contributed by atoms with Crippen LogP contribution in [0.4, 0.5) is 13.2 Å². The molecular formula is C20H24F3N3O6S. The molecule has 1 atom stereocenters. The molecule has 0 spiro atoms. The van der Waals surface area contributed by atoms with E-state index in [1.54, 1.807) is 0 Å². The number of unbranched alkanes of at least 4 members (excludes halogenated alkanes) is 2. The molecule has 2 aromatic rings. The van der Waals surface area contributed by atoms with Gasteiger partial charge in [0.1, 0.15) is 0 Å². The van der Waals surface area contributed by atoms with Gasteiger partial charge >= 0.3 is 11.9 Å². The number of alkyl halides is 3. The molecule has 1 amide bonds. The maximum atomic E-state index is 13.7. The number of fused-ring (bicyclic) bond motifs is 1. The van der Waals surface area contributed by atoms with Crippen LogP contribution >= 0.6 is 0 Å². The zero-order chi connectivity index (χ0) is 24.6. The van der Waals surface area contributed by atoms with Crippen LogP contribution in [0.25, 0.3) is 10.9 Å². The Hall–Kier alpha value is -2.67. The minimum absolute atomic E-state index is 0.0761. The SMILES string of the molecule is CCCCCC(=O)N(n1c(=O)[nH]c2cc(C(F)(F)F)c([C@H]3CCCO3)cc2c1=O)S(C)(=O)=O. The van der Waals surface area contributed by atoms with Gasteiger partial charge in [-0.25, -0.2) is 13.2 Å². The van der Waals surface area contributed by atoms with Gasteiger partial charge in [-0.15, -0.1) is 9.09 Å². The first-order chi connectivity index (χ1) is 15.4. The lowest BCUT2D eigenvalue weighted by Gasteiger charge is -2.22. The molecule has 1 aromatic carbocycles. The number of amides is 1. The van der Waals surface area contributed by atoms with E-state index in [1.807, 2.05) is 6.92 Å². The van der Waals surface area contributed by atoms with Crippen LogP contribution in [0.3, 0.4) is 0 Å². The van der Waals surface area contributed by atoms with Crippen LogP contribution in [-0.4, -0.2) is 36.8 Å². The first kappa shape index (κ1) is 25.0. The molecule has 33 heavy (non-hydrogen) atoms. The second-order valence-electron chi connectivity index (χ2n) is 7.89. The van der Waals surface area contributed by atoms with Gasteiger partial charge in [-0.1, -0.05) is 19.8 Å². The van der Waals surface area contributed by atoms with Crippen molar-refractivity contribution in [1.29, 1.82) is 0 Å². The van der Waals surface area contributed by atoms with Crippen LogP contribution in [0, 0.1) is 0 Å². The number of nitrogens with one attached hydrogen (secondary N) is 1. The number of carbonyl (C=O) groups is 1. The molecule has 9 nitrogen and oxygen atoms in total. The number of aromatic nitrogens is 2. The molecule has 1 saturated heterocycles. The topological polar surface area (TPSA) is 119 Å². The fourth-order valence-corrected chi connectivity index (χ4v) is 4.74. The molecule has 0 saturated carbocycles. The third-order valence-corrected chi connectivity index (χ3v) is 6.33. The predicted molar refractivity (Wildman–Crippen MR) is 114 cm³/mol. The van der Waals surface area contributed by atoms with Crippen LogP contribution in [0.2, 0.25) is 0 Å². The molecule has 0 bridgehead atoms. The van der Waals surface area contributed by atoms with Crippen molar-refractivity contribution in [3.8, 4) is 0 Å². The maximum Gasteiger partial charge on any atom is 0.416 e. The molecule has 2 heterocycles. The quantitative estimate of drug-likeness (QED) is 0.595. The lowest BCUT2D eigenvalue weighted by molar-refractivity contribution is -0.139. The van der Waals surface area contributed by atoms with Gasteiger partial charge in [-0.3, -0.25) is 9.59 Å². The minimum atomic E-state index is -4.78. The van der Waals surface area contributed by atoms with Gasteiger partial charge in [0.15, 0.2) is 0 Å².